The minimum Gasteiger partial charge on any atom is -0.494 e. The van der Waals surface area contributed by atoms with Gasteiger partial charge in [-0.1, -0.05) is 13.3 Å². The van der Waals surface area contributed by atoms with Gasteiger partial charge in [0.15, 0.2) is 6.61 Å². The molecular weight excluding hydrogens is 324 g/mol. The summed E-state index contributed by atoms with van der Waals surface area (Å²) in [7, 11) is 0. The van der Waals surface area contributed by atoms with Crippen molar-refractivity contribution in [1.82, 2.24) is 10.6 Å². The largest absolute Gasteiger partial charge is 0.494 e. The minimum absolute atomic E-state index is 0.0376. The van der Waals surface area contributed by atoms with Gasteiger partial charge in [-0.3, -0.25) is 14.4 Å². The molecule has 1 aromatic rings. The molecule has 0 aromatic heterocycles. The molecule has 7 nitrogen and oxygen atoms in total. The van der Waals surface area contributed by atoms with E-state index in [-0.39, 0.29) is 25.1 Å². The molecule has 138 valence electrons. The topological polar surface area (TPSA) is 93.7 Å². The van der Waals surface area contributed by atoms with Crippen LogP contribution in [0.25, 0.3) is 0 Å². The number of amides is 2. The fourth-order valence-electron chi connectivity index (χ4n) is 2.14. The zero-order chi connectivity index (χ0) is 18.7. The van der Waals surface area contributed by atoms with Gasteiger partial charge in [0.05, 0.1) is 6.61 Å². The Labute approximate surface area is 148 Å². The Hall–Kier alpha value is -2.57. The average Bonchev–Trinajstić information content (AvgIpc) is 2.59. The summed E-state index contributed by atoms with van der Waals surface area (Å²) < 4.78 is 10.1. The molecule has 0 fully saturated rings. The molecule has 0 bridgehead atoms. The van der Waals surface area contributed by atoms with Crippen LogP contribution in [0.4, 0.5) is 0 Å². The van der Waals surface area contributed by atoms with Gasteiger partial charge in [-0.05, 0) is 44.5 Å². The molecule has 7 heteroatoms. The van der Waals surface area contributed by atoms with E-state index in [1.54, 1.807) is 24.3 Å². The van der Waals surface area contributed by atoms with E-state index in [2.05, 4.69) is 10.6 Å². The number of hydrogen-bond acceptors (Lipinski definition) is 5. The first kappa shape index (κ1) is 20.5. The highest BCUT2D eigenvalue weighted by molar-refractivity contribution is 5.96. The third-order valence-electron chi connectivity index (χ3n) is 3.31. The van der Waals surface area contributed by atoms with E-state index in [1.165, 1.54) is 0 Å². The van der Waals surface area contributed by atoms with Crippen LogP contribution in [0.15, 0.2) is 24.3 Å². The molecule has 0 unspecified atom stereocenters. The molecule has 0 heterocycles. The highest BCUT2D eigenvalue weighted by Crippen LogP contribution is 2.11. The van der Waals surface area contributed by atoms with E-state index in [9.17, 15) is 14.4 Å². The average molecular weight is 350 g/mol. The van der Waals surface area contributed by atoms with Gasteiger partial charge in [-0.2, -0.15) is 0 Å². The molecule has 2 amide bonds. The third-order valence-corrected chi connectivity index (χ3v) is 3.31. The second kappa shape index (κ2) is 11.1. The van der Waals surface area contributed by atoms with Crippen LogP contribution in [0, 0.1) is 0 Å². The summed E-state index contributed by atoms with van der Waals surface area (Å²) in [5.41, 5.74) is 0.405. The van der Waals surface area contributed by atoms with Crippen molar-refractivity contribution in [3.63, 3.8) is 0 Å². The molecule has 2 N–H and O–H groups in total. The summed E-state index contributed by atoms with van der Waals surface area (Å²) in [4.78, 5) is 35.1. The smallest absolute Gasteiger partial charge is 0.325 e. The van der Waals surface area contributed by atoms with Crippen LogP contribution in [-0.4, -0.2) is 43.6 Å². The van der Waals surface area contributed by atoms with Gasteiger partial charge in [-0.25, -0.2) is 0 Å². The maximum absolute atomic E-state index is 11.9. The highest BCUT2D eigenvalue weighted by Gasteiger charge is 2.12. The maximum Gasteiger partial charge on any atom is 0.325 e. The molecular formula is C18H26N2O5. The fourth-order valence-corrected chi connectivity index (χ4v) is 2.14. The minimum atomic E-state index is -0.669. The monoisotopic (exact) mass is 350 g/mol. The Kier molecular flexibility index (Phi) is 9.06. The van der Waals surface area contributed by atoms with Gasteiger partial charge < -0.3 is 20.1 Å². The number of ether oxygens (including phenoxy) is 2. The van der Waals surface area contributed by atoms with E-state index in [4.69, 9.17) is 9.47 Å². The van der Waals surface area contributed by atoms with Crippen molar-refractivity contribution < 1.29 is 23.9 Å². The van der Waals surface area contributed by atoms with Crippen molar-refractivity contribution in [2.75, 3.05) is 19.8 Å². The first-order valence-electron chi connectivity index (χ1n) is 8.42. The molecule has 0 aliphatic rings. The Morgan fingerprint density at radius 2 is 1.80 bits per heavy atom. The van der Waals surface area contributed by atoms with Crippen molar-refractivity contribution in [3.05, 3.63) is 29.8 Å². The second-order valence-electron chi connectivity index (χ2n) is 5.56. The van der Waals surface area contributed by atoms with Crippen LogP contribution >= 0.6 is 0 Å². The van der Waals surface area contributed by atoms with E-state index in [0.717, 1.165) is 12.8 Å². The summed E-state index contributed by atoms with van der Waals surface area (Å²) in [6.45, 7) is 5.67. The normalized spacial score (nSPS) is 11.3. The fraction of sp³-hybridized carbons (Fsp3) is 0.500. The second-order valence-corrected chi connectivity index (χ2v) is 5.56. The van der Waals surface area contributed by atoms with Crippen molar-refractivity contribution in [1.29, 1.82) is 0 Å². The summed E-state index contributed by atoms with van der Waals surface area (Å²) >= 11 is 0. The third kappa shape index (κ3) is 8.19. The Morgan fingerprint density at radius 3 is 2.40 bits per heavy atom. The number of esters is 1. The first-order chi connectivity index (χ1) is 12.0. The molecule has 1 aromatic carbocycles. The predicted molar refractivity (Wildman–Crippen MR) is 93.4 cm³/mol. The SMILES string of the molecule is CCC[C@H](C)NC(=O)COC(=O)CNC(=O)c1ccc(OCC)cc1. The van der Waals surface area contributed by atoms with Gasteiger partial charge in [0.2, 0.25) is 0 Å². The lowest BCUT2D eigenvalue weighted by molar-refractivity contribution is -0.147. The summed E-state index contributed by atoms with van der Waals surface area (Å²) in [6.07, 6.45) is 1.82. The van der Waals surface area contributed by atoms with Gasteiger partial charge in [0, 0.05) is 11.6 Å². The number of nitrogens with one attached hydrogen (secondary N) is 2. The molecule has 25 heavy (non-hydrogen) atoms. The lowest BCUT2D eigenvalue weighted by Gasteiger charge is -2.12. The van der Waals surface area contributed by atoms with E-state index < -0.39 is 11.9 Å². The maximum atomic E-state index is 11.9. The number of benzene rings is 1. The van der Waals surface area contributed by atoms with E-state index in [0.29, 0.717) is 17.9 Å². The zero-order valence-electron chi connectivity index (χ0n) is 15.0. The Balaban J connectivity index is 2.31. The predicted octanol–water partition coefficient (Wildman–Crippen LogP) is 1.66. The van der Waals surface area contributed by atoms with Gasteiger partial charge >= 0.3 is 5.97 Å². The number of carbonyl (C=O) groups is 3. The van der Waals surface area contributed by atoms with Crippen molar-refractivity contribution in [2.24, 2.45) is 0 Å². The molecule has 0 saturated heterocycles. The summed E-state index contributed by atoms with van der Waals surface area (Å²) in [5, 5.41) is 5.18. The van der Waals surface area contributed by atoms with Crippen LogP contribution in [0.1, 0.15) is 44.0 Å². The quantitative estimate of drug-likeness (QED) is 0.626. The van der Waals surface area contributed by atoms with Gasteiger partial charge in [0.25, 0.3) is 11.8 Å². The molecule has 0 spiro atoms. The number of rotatable bonds is 10. The Morgan fingerprint density at radius 1 is 1.12 bits per heavy atom. The molecule has 0 aliphatic heterocycles. The lowest BCUT2D eigenvalue weighted by atomic mass is 10.2. The van der Waals surface area contributed by atoms with Crippen molar-refractivity contribution in [3.8, 4) is 5.75 Å². The van der Waals surface area contributed by atoms with Crippen LogP contribution in [0.2, 0.25) is 0 Å². The van der Waals surface area contributed by atoms with Crippen molar-refractivity contribution >= 4 is 17.8 Å². The number of carbonyl (C=O) groups excluding carboxylic acids is 3. The molecule has 1 atom stereocenters. The molecule has 0 radical (unpaired) electrons. The number of hydrogen-bond donors (Lipinski definition) is 2. The van der Waals surface area contributed by atoms with Crippen LogP contribution in [0.5, 0.6) is 5.75 Å². The Bertz CT molecular complexity index is 571. The highest BCUT2D eigenvalue weighted by atomic mass is 16.5. The van der Waals surface area contributed by atoms with Crippen LogP contribution < -0.4 is 15.4 Å². The van der Waals surface area contributed by atoms with Gasteiger partial charge in [-0.15, -0.1) is 0 Å². The van der Waals surface area contributed by atoms with Crippen molar-refractivity contribution in [2.45, 2.75) is 39.7 Å². The lowest BCUT2D eigenvalue weighted by Crippen LogP contribution is -2.37. The molecule has 0 aliphatic carbocycles. The van der Waals surface area contributed by atoms with Crippen LogP contribution in [0.3, 0.4) is 0 Å². The van der Waals surface area contributed by atoms with Gasteiger partial charge in [0.1, 0.15) is 12.3 Å². The molecule has 0 saturated carbocycles. The first-order valence-corrected chi connectivity index (χ1v) is 8.42. The van der Waals surface area contributed by atoms with E-state index >= 15 is 0 Å². The summed E-state index contributed by atoms with van der Waals surface area (Å²) in [6, 6.07) is 6.61. The zero-order valence-corrected chi connectivity index (χ0v) is 15.0. The van der Waals surface area contributed by atoms with E-state index in [1.807, 2.05) is 20.8 Å². The molecule has 1 rings (SSSR count). The van der Waals surface area contributed by atoms with Crippen LogP contribution in [-0.2, 0) is 14.3 Å². The standard InChI is InChI=1S/C18H26N2O5/c1-4-6-13(3)20-16(21)12-25-17(22)11-19-18(23)14-7-9-15(10-8-14)24-5-2/h7-10,13H,4-6,11-12H2,1-3H3,(H,19,23)(H,20,21)/t13-/m0/s1. The summed E-state index contributed by atoms with van der Waals surface area (Å²) in [5.74, 6) is -0.757.